The monoisotopic (exact) mass is 407 g/mol. The zero-order valence-electron chi connectivity index (χ0n) is 16.6. The first-order chi connectivity index (χ1) is 14.3. The lowest BCUT2D eigenvalue weighted by Crippen LogP contribution is -2.57. The highest BCUT2D eigenvalue weighted by molar-refractivity contribution is 5.95. The summed E-state index contributed by atoms with van der Waals surface area (Å²) < 4.78 is 45.7. The maximum absolute atomic E-state index is 14.8. The van der Waals surface area contributed by atoms with Gasteiger partial charge in [-0.3, -0.25) is 0 Å². The van der Waals surface area contributed by atoms with Crippen LogP contribution in [0.4, 0.5) is 18.9 Å². The Bertz CT molecular complexity index is 1260. The quantitative estimate of drug-likeness (QED) is 0.429. The number of halogens is 3. The van der Waals surface area contributed by atoms with E-state index in [0.717, 1.165) is 21.4 Å². The summed E-state index contributed by atoms with van der Waals surface area (Å²) in [5.41, 5.74) is 2.53. The van der Waals surface area contributed by atoms with Gasteiger partial charge in [0.15, 0.2) is 0 Å². The fourth-order valence-corrected chi connectivity index (χ4v) is 4.31. The highest BCUT2D eigenvalue weighted by Crippen LogP contribution is 2.49. The first-order valence-electron chi connectivity index (χ1n) is 9.79. The van der Waals surface area contributed by atoms with Crippen LogP contribution in [0, 0.1) is 13.8 Å². The Morgan fingerprint density at radius 3 is 2.33 bits per heavy atom. The average Bonchev–Trinajstić information content (AvgIpc) is 3.10. The van der Waals surface area contributed by atoms with Gasteiger partial charge in [-0.15, -0.1) is 0 Å². The molecule has 1 N–H and O–H groups in total. The van der Waals surface area contributed by atoms with E-state index in [9.17, 15) is 13.2 Å². The standard InChI is InChI=1S/C24H20F3N3/c1-15-12-17-14-23(24(25,26)27,28-18-8-4-3-5-9-18)30-22(20(17)13-16(15)2)19-10-6-7-11-21(19)29-30/h3-13,28H,14H2,1-2H3. The number of aromatic nitrogens is 2. The molecule has 0 amide bonds. The molecule has 1 unspecified atom stereocenters. The topological polar surface area (TPSA) is 29.9 Å². The molecule has 5 rings (SSSR count). The molecule has 30 heavy (non-hydrogen) atoms. The molecule has 3 nitrogen and oxygen atoms in total. The van der Waals surface area contributed by atoms with Crippen LogP contribution in [0.1, 0.15) is 16.7 Å². The Morgan fingerprint density at radius 2 is 1.60 bits per heavy atom. The number of para-hydroxylation sites is 1. The Labute approximate surface area is 172 Å². The van der Waals surface area contributed by atoms with Gasteiger partial charge in [0.2, 0.25) is 5.66 Å². The summed E-state index contributed by atoms with van der Waals surface area (Å²) in [4.78, 5) is 0. The Kier molecular flexibility index (Phi) is 3.97. The molecule has 3 aromatic carbocycles. The van der Waals surface area contributed by atoms with Gasteiger partial charge in [-0.2, -0.15) is 18.3 Å². The highest BCUT2D eigenvalue weighted by Gasteiger charge is 2.60. The van der Waals surface area contributed by atoms with Crippen LogP contribution in [0.2, 0.25) is 0 Å². The van der Waals surface area contributed by atoms with Crippen molar-refractivity contribution in [1.29, 1.82) is 0 Å². The first-order valence-corrected chi connectivity index (χ1v) is 9.79. The van der Waals surface area contributed by atoms with Gasteiger partial charge in [0, 0.05) is 23.1 Å². The third-order valence-corrected chi connectivity index (χ3v) is 5.96. The largest absolute Gasteiger partial charge is 0.432 e. The lowest BCUT2D eigenvalue weighted by atomic mass is 9.85. The second-order valence-electron chi connectivity index (χ2n) is 7.90. The third-order valence-electron chi connectivity index (χ3n) is 5.96. The van der Waals surface area contributed by atoms with Gasteiger partial charge in [-0.05, 0) is 54.8 Å². The van der Waals surface area contributed by atoms with Crippen molar-refractivity contribution in [2.45, 2.75) is 32.1 Å². The molecule has 0 bridgehead atoms. The minimum atomic E-state index is -4.59. The van der Waals surface area contributed by atoms with Crippen molar-refractivity contribution in [1.82, 2.24) is 9.78 Å². The number of fused-ring (bicyclic) bond motifs is 5. The Balaban J connectivity index is 1.86. The van der Waals surface area contributed by atoms with E-state index >= 15 is 0 Å². The van der Waals surface area contributed by atoms with Crippen molar-refractivity contribution >= 4 is 16.6 Å². The molecule has 0 fully saturated rings. The number of alkyl halides is 3. The minimum absolute atomic E-state index is 0.247. The predicted octanol–water partition coefficient (Wildman–Crippen LogP) is 6.20. The fraction of sp³-hybridized carbons (Fsp3) is 0.208. The molecular weight excluding hydrogens is 387 g/mol. The van der Waals surface area contributed by atoms with Crippen LogP contribution in [0.5, 0.6) is 0 Å². The lowest BCUT2D eigenvalue weighted by Gasteiger charge is -2.42. The van der Waals surface area contributed by atoms with Crippen molar-refractivity contribution in [2.75, 3.05) is 5.32 Å². The van der Waals surface area contributed by atoms with Crippen LogP contribution in [-0.4, -0.2) is 16.0 Å². The van der Waals surface area contributed by atoms with Crippen LogP contribution < -0.4 is 5.32 Å². The number of aryl methyl sites for hydroxylation is 2. The van der Waals surface area contributed by atoms with Crippen LogP contribution >= 0.6 is 0 Å². The predicted molar refractivity (Wildman–Crippen MR) is 112 cm³/mol. The number of rotatable bonds is 2. The van der Waals surface area contributed by atoms with Gasteiger partial charge in [0.05, 0.1) is 11.2 Å². The van der Waals surface area contributed by atoms with E-state index in [1.807, 2.05) is 38.1 Å². The molecule has 4 aromatic rings. The van der Waals surface area contributed by atoms with E-state index in [1.54, 1.807) is 42.5 Å². The Hall–Kier alpha value is -3.28. The second-order valence-corrected chi connectivity index (χ2v) is 7.90. The molecule has 0 aliphatic carbocycles. The summed E-state index contributed by atoms with van der Waals surface area (Å²) in [6.07, 6.45) is -4.83. The van der Waals surface area contributed by atoms with E-state index < -0.39 is 11.8 Å². The molecule has 0 spiro atoms. The summed E-state index contributed by atoms with van der Waals surface area (Å²) >= 11 is 0. The van der Waals surface area contributed by atoms with Crippen molar-refractivity contribution in [3.05, 3.63) is 83.4 Å². The maximum Gasteiger partial charge on any atom is 0.432 e. The zero-order chi connectivity index (χ0) is 21.1. The van der Waals surface area contributed by atoms with Crippen molar-refractivity contribution in [2.24, 2.45) is 0 Å². The summed E-state index contributed by atoms with van der Waals surface area (Å²) in [6.45, 7) is 3.91. The van der Waals surface area contributed by atoms with E-state index in [0.29, 0.717) is 27.8 Å². The summed E-state index contributed by atoms with van der Waals surface area (Å²) in [7, 11) is 0. The van der Waals surface area contributed by atoms with E-state index in [2.05, 4.69) is 10.4 Å². The van der Waals surface area contributed by atoms with E-state index in [1.165, 1.54) is 0 Å². The molecule has 1 aromatic heterocycles. The normalized spacial score (nSPS) is 18.2. The van der Waals surface area contributed by atoms with Gasteiger partial charge >= 0.3 is 6.18 Å². The van der Waals surface area contributed by atoms with Crippen LogP contribution in [-0.2, 0) is 12.1 Å². The molecule has 1 atom stereocenters. The summed E-state index contributed by atoms with van der Waals surface area (Å²) in [5.74, 6) is 0. The van der Waals surface area contributed by atoms with Crippen molar-refractivity contribution in [3.8, 4) is 11.3 Å². The maximum atomic E-state index is 14.8. The fourth-order valence-electron chi connectivity index (χ4n) is 4.31. The van der Waals surface area contributed by atoms with Crippen LogP contribution in [0.3, 0.4) is 0 Å². The number of anilines is 1. The van der Waals surface area contributed by atoms with Gasteiger partial charge < -0.3 is 5.32 Å². The molecule has 1 aliphatic rings. The van der Waals surface area contributed by atoms with Gasteiger partial charge in [-0.1, -0.05) is 42.5 Å². The van der Waals surface area contributed by atoms with Crippen LogP contribution in [0.15, 0.2) is 66.7 Å². The molecule has 6 heteroatoms. The lowest BCUT2D eigenvalue weighted by molar-refractivity contribution is -0.208. The van der Waals surface area contributed by atoms with Crippen LogP contribution in [0.25, 0.3) is 22.2 Å². The second kappa shape index (κ2) is 6.36. The van der Waals surface area contributed by atoms with Gasteiger partial charge in [-0.25, -0.2) is 4.68 Å². The smallest absolute Gasteiger partial charge is 0.354 e. The van der Waals surface area contributed by atoms with E-state index in [-0.39, 0.29) is 6.42 Å². The number of hydrogen-bond acceptors (Lipinski definition) is 2. The molecule has 0 saturated heterocycles. The molecule has 0 radical (unpaired) electrons. The van der Waals surface area contributed by atoms with E-state index in [4.69, 9.17) is 0 Å². The summed E-state index contributed by atoms with van der Waals surface area (Å²) in [6, 6.07) is 19.6. The Morgan fingerprint density at radius 1 is 0.933 bits per heavy atom. The van der Waals surface area contributed by atoms with Crippen molar-refractivity contribution < 1.29 is 13.2 Å². The number of benzene rings is 3. The highest BCUT2D eigenvalue weighted by atomic mass is 19.4. The number of hydrogen-bond donors (Lipinski definition) is 1. The molecule has 152 valence electrons. The minimum Gasteiger partial charge on any atom is -0.354 e. The summed E-state index contributed by atoms with van der Waals surface area (Å²) in [5, 5.41) is 7.97. The van der Waals surface area contributed by atoms with Gasteiger partial charge in [0.1, 0.15) is 0 Å². The van der Waals surface area contributed by atoms with Crippen molar-refractivity contribution in [3.63, 3.8) is 0 Å². The molecule has 2 heterocycles. The number of nitrogens with zero attached hydrogens (tertiary/aromatic N) is 2. The molecular formula is C24H20F3N3. The average molecular weight is 407 g/mol. The zero-order valence-corrected chi connectivity index (χ0v) is 16.6. The SMILES string of the molecule is Cc1cc2c(cc1C)-c1c3ccccc3nn1C(Nc1ccccc1)(C(F)(F)F)C2. The molecule has 1 aliphatic heterocycles. The number of nitrogens with one attached hydrogen (secondary N) is 1. The molecule has 0 saturated carbocycles. The van der Waals surface area contributed by atoms with Gasteiger partial charge in [0.25, 0.3) is 0 Å². The first kappa shape index (κ1) is 18.7. The third kappa shape index (κ3) is 2.63.